The molecule has 1 amide bonds. The van der Waals surface area contributed by atoms with Crippen LogP contribution >= 0.6 is 11.6 Å². The zero-order chi connectivity index (χ0) is 17.1. The van der Waals surface area contributed by atoms with E-state index in [0.717, 1.165) is 5.56 Å². The molecule has 0 spiro atoms. The monoisotopic (exact) mass is 345 g/mol. The van der Waals surface area contributed by atoms with E-state index in [1.54, 1.807) is 19.9 Å². The van der Waals surface area contributed by atoms with Gasteiger partial charge in [-0.3, -0.25) is 4.79 Å². The first kappa shape index (κ1) is 19.0. The van der Waals surface area contributed by atoms with Crippen LogP contribution in [0.25, 0.3) is 0 Å². The van der Waals surface area contributed by atoms with Crippen molar-refractivity contribution in [2.75, 3.05) is 6.54 Å². The Morgan fingerprint density at radius 2 is 1.86 bits per heavy atom. The lowest BCUT2D eigenvalue weighted by Crippen LogP contribution is -2.45. The predicted molar refractivity (Wildman–Crippen MR) is 91.0 cm³/mol. The molecule has 0 fully saturated rings. The van der Waals surface area contributed by atoms with Gasteiger partial charge in [0.25, 0.3) is 0 Å². The van der Waals surface area contributed by atoms with Crippen molar-refractivity contribution in [2.24, 2.45) is 0 Å². The summed E-state index contributed by atoms with van der Waals surface area (Å²) in [6.07, 6.45) is 0. The topological polar surface area (TPSA) is 63.2 Å². The Bertz CT molecular complexity index is 639. The molecule has 1 unspecified atom stereocenters. The summed E-state index contributed by atoms with van der Waals surface area (Å²) in [5.74, 6) is -0.469. The molecule has 1 rings (SSSR count). The molecule has 0 saturated carbocycles. The number of nitrogens with one attached hydrogen (secondary N) is 1. The van der Waals surface area contributed by atoms with Gasteiger partial charge in [-0.2, -0.15) is 0 Å². The van der Waals surface area contributed by atoms with Gasteiger partial charge in [0.2, 0.25) is 5.91 Å². The SMILES string of the molecule is CC(C)S(=O)(=O)C(C)C(=O)NCC(C)(C)c1cccc(Cl)c1. The molecule has 0 aliphatic rings. The van der Waals surface area contributed by atoms with Crippen LogP contribution in [0.4, 0.5) is 0 Å². The summed E-state index contributed by atoms with van der Waals surface area (Å²) in [4.78, 5) is 12.1. The third-order valence-corrected chi connectivity index (χ3v) is 6.58. The molecule has 1 aromatic rings. The molecule has 0 aliphatic carbocycles. The van der Waals surface area contributed by atoms with Gasteiger partial charge in [-0.15, -0.1) is 0 Å². The molecule has 22 heavy (non-hydrogen) atoms. The average molecular weight is 346 g/mol. The Hall–Kier alpha value is -1.07. The van der Waals surface area contributed by atoms with Crippen LogP contribution in [0.3, 0.4) is 0 Å². The van der Waals surface area contributed by atoms with E-state index in [-0.39, 0.29) is 5.41 Å². The number of amides is 1. The Morgan fingerprint density at radius 1 is 1.27 bits per heavy atom. The minimum absolute atomic E-state index is 0.337. The van der Waals surface area contributed by atoms with E-state index < -0.39 is 26.2 Å². The summed E-state index contributed by atoms with van der Waals surface area (Å²) in [5, 5.41) is 1.74. The second-order valence-corrected chi connectivity index (χ2v) is 9.66. The quantitative estimate of drug-likeness (QED) is 0.862. The third-order valence-electron chi connectivity index (χ3n) is 3.83. The highest BCUT2D eigenvalue weighted by molar-refractivity contribution is 7.93. The highest BCUT2D eigenvalue weighted by Crippen LogP contribution is 2.25. The normalized spacial score (nSPS) is 14.0. The first-order valence-electron chi connectivity index (χ1n) is 7.25. The number of hydrogen-bond donors (Lipinski definition) is 1. The van der Waals surface area contributed by atoms with E-state index in [1.807, 2.05) is 32.0 Å². The average Bonchev–Trinajstić information content (AvgIpc) is 2.43. The van der Waals surface area contributed by atoms with E-state index in [9.17, 15) is 13.2 Å². The fourth-order valence-electron chi connectivity index (χ4n) is 2.02. The highest BCUT2D eigenvalue weighted by atomic mass is 35.5. The van der Waals surface area contributed by atoms with E-state index in [4.69, 9.17) is 11.6 Å². The van der Waals surface area contributed by atoms with E-state index >= 15 is 0 Å². The summed E-state index contributed by atoms with van der Waals surface area (Å²) in [5.41, 5.74) is 0.640. The van der Waals surface area contributed by atoms with Crippen molar-refractivity contribution in [3.63, 3.8) is 0 Å². The number of carbonyl (C=O) groups is 1. The van der Waals surface area contributed by atoms with Gasteiger partial charge in [0.1, 0.15) is 5.25 Å². The first-order chi connectivity index (χ1) is 9.98. The van der Waals surface area contributed by atoms with Gasteiger partial charge in [-0.1, -0.05) is 37.6 Å². The molecule has 0 aromatic heterocycles. The minimum atomic E-state index is -3.45. The fourth-order valence-corrected chi connectivity index (χ4v) is 3.41. The molecular formula is C16H24ClNO3S. The Kier molecular flexibility index (Phi) is 6.04. The molecule has 124 valence electrons. The maximum atomic E-state index is 12.1. The largest absolute Gasteiger partial charge is 0.354 e. The van der Waals surface area contributed by atoms with Gasteiger partial charge in [0.05, 0.1) is 5.25 Å². The van der Waals surface area contributed by atoms with Gasteiger partial charge in [0.15, 0.2) is 9.84 Å². The minimum Gasteiger partial charge on any atom is -0.354 e. The maximum Gasteiger partial charge on any atom is 0.238 e. The van der Waals surface area contributed by atoms with Gasteiger partial charge in [0, 0.05) is 17.0 Å². The molecule has 6 heteroatoms. The van der Waals surface area contributed by atoms with Crippen LogP contribution in [-0.2, 0) is 20.0 Å². The highest BCUT2D eigenvalue weighted by Gasteiger charge is 2.31. The molecule has 0 aliphatic heterocycles. The number of halogens is 1. The standard InChI is InChI=1S/C16H24ClNO3S/c1-11(2)22(20,21)12(3)15(19)18-10-16(4,5)13-7-6-8-14(17)9-13/h6-9,11-12H,10H2,1-5H3,(H,18,19). The van der Waals surface area contributed by atoms with Crippen LogP contribution in [0.5, 0.6) is 0 Å². The van der Waals surface area contributed by atoms with Crippen LogP contribution in [0, 0.1) is 0 Å². The van der Waals surface area contributed by atoms with Crippen LogP contribution in [-0.4, -0.2) is 31.4 Å². The van der Waals surface area contributed by atoms with Crippen molar-refractivity contribution in [3.8, 4) is 0 Å². The van der Waals surface area contributed by atoms with Gasteiger partial charge in [-0.05, 0) is 38.5 Å². The smallest absolute Gasteiger partial charge is 0.238 e. The number of benzene rings is 1. The molecule has 1 atom stereocenters. The van der Waals surface area contributed by atoms with Crippen molar-refractivity contribution in [2.45, 2.75) is 50.5 Å². The van der Waals surface area contributed by atoms with Crippen LogP contribution in [0.15, 0.2) is 24.3 Å². The van der Waals surface area contributed by atoms with Crippen molar-refractivity contribution in [1.29, 1.82) is 0 Å². The van der Waals surface area contributed by atoms with Gasteiger partial charge < -0.3 is 5.32 Å². The van der Waals surface area contributed by atoms with Crippen LogP contribution in [0.1, 0.15) is 40.2 Å². The Labute approximate surface area is 138 Å². The lowest BCUT2D eigenvalue weighted by Gasteiger charge is -2.27. The lowest BCUT2D eigenvalue weighted by atomic mass is 9.84. The summed E-state index contributed by atoms with van der Waals surface area (Å²) in [6, 6.07) is 7.43. The molecule has 0 saturated heterocycles. The van der Waals surface area contributed by atoms with Crippen molar-refractivity contribution in [3.05, 3.63) is 34.9 Å². The molecule has 0 radical (unpaired) electrons. The number of sulfone groups is 1. The summed E-state index contributed by atoms with van der Waals surface area (Å²) >= 11 is 5.99. The third kappa shape index (κ3) is 4.46. The second-order valence-electron chi connectivity index (χ2n) is 6.39. The zero-order valence-electron chi connectivity index (χ0n) is 13.7. The summed E-state index contributed by atoms with van der Waals surface area (Å²) in [6.45, 7) is 8.87. The number of hydrogen-bond acceptors (Lipinski definition) is 3. The van der Waals surface area contributed by atoms with Gasteiger partial charge >= 0.3 is 0 Å². The van der Waals surface area contributed by atoms with Gasteiger partial charge in [-0.25, -0.2) is 8.42 Å². The van der Waals surface area contributed by atoms with E-state index in [2.05, 4.69) is 5.32 Å². The number of carbonyl (C=O) groups excluding carboxylic acids is 1. The Balaban J connectivity index is 2.79. The fraction of sp³-hybridized carbons (Fsp3) is 0.562. The zero-order valence-corrected chi connectivity index (χ0v) is 15.3. The molecule has 1 N–H and O–H groups in total. The molecular weight excluding hydrogens is 322 g/mol. The molecule has 0 heterocycles. The molecule has 1 aromatic carbocycles. The summed E-state index contributed by atoms with van der Waals surface area (Å²) < 4.78 is 24.1. The number of rotatable bonds is 6. The second kappa shape index (κ2) is 7.01. The Morgan fingerprint density at radius 3 is 2.36 bits per heavy atom. The van der Waals surface area contributed by atoms with E-state index in [1.165, 1.54) is 6.92 Å². The summed E-state index contributed by atoms with van der Waals surface area (Å²) in [7, 11) is -3.45. The molecule has 0 bridgehead atoms. The van der Waals surface area contributed by atoms with E-state index in [0.29, 0.717) is 11.6 Å². The molecule has 4 nitrogen and oxygen atoms in total. The van der Waals surface area contributed by atoms with Crippen LogP contribution in [0.2, 0.25) is 5.02 Å². The first-order valence-corrected chi connectivity index (χ1v) is 9.23. The van der Waals surface area contributed by atoms with Crippen molar-refractivity contribution in [1.82, 2.24) is 5.32 Å². The van der Waals surface area contributed by atoms with Crippen molar-refractivity contribution < 1.29 is 13.2 Å². The van der Waals surface area contributed by atoms with Crippen LogP contribution < -0.4 is 5.32 Å². The predicted octanol–water partition coefficient (Wildman–Crippen LogP) is 2.95. The lowest BCUT2D eigenvalue weighted by molar-refractivity contribution is -0.120. The van der Waals surface area contributed by atoms with Crippen molar-refractivity contribution >= 4 is 27.3 Å². The maximum absolute atomic E-state index is 12.1.